The van der Waals surface area contributed by atoms with Crippen LogP contribution in [0.1, 0.15) is 34.6 Å². The largest absolute Gasteiger partial charge is 0.487 e. The van der Waals surface area contributed by atoms with Gasteiger partial charge >= 0.3 is 0 Å². The van der Waals surface area contributed by atoms with Crippen LogP contribution in [0.25, 0.3) is 12.2 Å². The Bertz CT molecular complexity index is 1090. The van der Waals surface area contributed by atoms with Gasteiger partial charge < -0.3 is 15.4 Å². The molecule has 32 heavy (non-hydrogen) atoms. The lowest BCUT2D eigenvalue weighted by atomic mass is 10.1. The number of rotatable bonds is 9. The summed E-state index contributed by atoms with van der Waals surface area (Å²) < 4.78 is 6.01. The molecule has 0 bridgehead atoms. The van der Waals surface area contributed by atoms with E-state index < -0.39 is 0 Å². The Morgan fingerprint density at radius 2 is 2.16 bits per heavy atom. The average molecular weight is 427 g/mol. The maximum Gasteiger partial charge on any atom is 0.130 e. The molecule has 4 heterocycles. The second kappa shape index (κ2) is 11.1. The molecule has 1 fully saturated rings. The van der Waals surface area contributed by atoms with Gasteiger partial charge in [0.05, 0.1) is 22.6 Å². The van der Waals surface area contributed by atoms with Gasteiger partial charge in [-0.3, -0.25) is 15.0 Å². The Morgan fingerprint density at radius 1 is 1.19 bits per heavy atom. The predicted molar refractivity (Wildman–Crippen MR) is 123 cm³/mol. The van der Waals surface area contributed by atoms with Crippen molar-refractivity contribution < 1.29 is 4.74 Å². The Hall–Kier alpha value is -3.60. The van der Waals surface area contributed by atoms with Crippen LogP contribution in [-0.4, -0.2) is 34.6 Å². The van der Waals surface area contributed by atoms with Crippen LogP contribution >= 0.6 is 0 Å². The van der Waals surface area contributed by atoms with Crippen LogP contribution in [0.3, 0.4) is 0 Å². The monoisotopic (exact) mass is 426 g/mol. The van der Waals surface area contributed by atoms with Gasteiger partial charge in [-0.1, -0.05) is 12.1 Å². The van der Waals surface area contributed by atoms with E-state index >= 15 is 0 Å². The third-order valence-electron chi connectivity index (χ3n) is 5.22. The molecule has 162 valence electrons. The van der Waals surface area contributed by atoms with E-state index in [0.29, 0.717) is 24.6 Å². The Labute approximate surface area is 188 Å². The van der Waals surface area contributed by atoms with Crippen molar-refractivity contribution in [2.24, 2.45) is 5.92 Å². The van der Waals surface area contributed by atoms with Crippen molar-refractivity contribution in [2.75, 3.05) is 19.6 Å². The van der Waals surface area contributed by atoms with Gasteiger partial charge in [0.1, 0.15) is 18.4 Å². The summed E-state index contributed by atoms with van der Waals surface area (Å²) in [5.41, 5.74) is 3.94. The van der Waals surface area contributed by atoms with E-state index in [2.05, 4.69) is 26.7 Å². The summed E-state index contributed by atoms with van der Waals surface area (Å²) >= 11 is 0. The molecule has 0 amide bonds. The molecular weight excluding hydrogens is 400 g/mol. The van der Waals surface area contributed by atoms with Gasteiger partial charge in [-0.05, 0) is 61.8 Å². The average Bonchev–Trinajstić information content (AvgIpc) is 3.36. The fraction of sp³-hybridized carbons (Fsp3) is 0.280. The maximum absolute atomic E-state index is 9.08. The topological polar surface area (TPSA) is 95.8 Å². The van der Waals surface area contributed by atoms with Crippen molar-refractivity contribution in [2.45, 2.75) is 19.6 Å². The Kier molecular flexibility index (Phi) is 7.53. The molecule has 3 aromatic rings. The summed E-state index contributed by atoms with van der Waals surface area (Å²) in [5, 5.41) is 16.0. The molecule has 1 atom stereocenters. The zero-order valence-corrected chi connectivity index (χ0v) is 17.9. The fourth-order valence-electron chi connectivity index (χ4n) is 3.57. The van der Waals surface area contributed by atoms with Gasteiger partial charge in [0.2, 0.25) is 0 Å². The molecule has 0 spiro atoms. The standard InChI is InChI=1S/C25H26N6O/c26-12-21-9-19(13-28-16-21)4-5-22-10-25(32-18-23-3-1-2-7-30-23)11-24(31-22)17-29-15-20-6-8-27-14-20/h1-5,7,9-11,13,16,20,27,29H,6,8,14-15,17-18H2/b5-4+. The number of ether oxygens (including phenoxy) is 1. The van der Waals surface area contributed by atoms with E-state index in [4.69, 9.17) is 15.0 Å². The molecule has 7 heteroatoms. The molecule has 1 unspecified atom stereocenters. The summed E-state index contributed by atoms with van der Waals surface area (Å²) in [7, 11) is 0. The minimum atomic E-state index is 0.392. The summed E-state index contributed by atoms with van der Waals surface area (Å²) in [6.07, 6.45) is 10.0. The van der Waals surface area contributed by atoms with Crippen LogP contribution in [-0.2, 0) is 13.2 Å². The molecular formula is C25H26N6O. The Balaban J connectivity index is 1.48. The highest BCUT2D eigenvalue weighted by Crippen LogP contribution is 2.18. The molecule has 2 N–H and O–H groups in total. The minimum absolute atomic E-state index is 0.392. The lowest BCUT2D eigenvalue weighted by Gasteiger charge is -2.12. The van der Waals surface area contributed by atoms with Crippen molar-refractivity contribution in [3.05, 3.63) is 83.2 Å². The van der Waals surface area contributed by atoms with E-state index in [1.54, 1.807) is 24.7 Å². The lowest BCUT2D eigenvalue weighted by molar-refractivity contribution is 0.300. The summed E-state index contributed by atoms with van der Waals surface area (Å²) in [6, 6.07) is 13.6. The lowest BCUT2D eigenvalue weighted by Crippen LogP contribution is -2.24. The quantitative estimate of drug-likeness (QED) is 0.542. The van der Waals surface area contributed by atoms with Crippen LogP contribution in [0.15, 0.2) is 55.0 Å². The molecule has 7 nitrogen and oxygen atoms in total. The first-order valence-corrected chi connectivity index (χ1v) is 10.8. The van der Waals surface area contributed by atoms with Gasteiger partial charge in [-0.25, -0.2) is 0 Å². The van der Waals surface area contributed by atoms with Gasteiger partial charge in [-0.2, -0.15) is 5.26 Å². The van der Waals surface area contributed by atoms with Gasteiger partial charge in [0, 0.05) is 37.3 Å². The van der Waals surface area contributed by atoms with Crippen LogP contribution < -0.4 is 15.4 Å². The molecule has 1 saturated heterocycles. The highest BCUT2D eigenvalue weighted by molar-refractivity contribution is 5.68. The minimum Gasteiger partial charge on any atom is -0.487 e. The molecule has 0 radical (unpaired) electrons. The van der Waals surface area contributed by atoms with Crippen molar-refractivity contribution in [3.8, 4) is 11.8 Å². The summed E-state index contributed by atoms with van der Waals surface area (Å²) in [4.78, 5) is 13.2. The maximum atomic E-state index is 9.08. The van der Waals surface area contributed by atoms with E-state index in [1.807, 2.05) is 42.5 Å². The fourth-order valence-corrected chi connectivity index (χ4v) is 3.57. The number of nitriles is 1. The smallest absolute Gasteiger partial charge is 0.130 e. The van der Waals surface area contributed by atoms with Crippen LogP contribution in [0, 0.1) is 17.2 Å². The number of hydrogen-bond donors (Lipinski definition) is 2. The first-order chi connectivity index (χ1) is 15.8. The number of nitrogens with one attached hydrogen (secondary N) is 2. The van der Waals surface area contributed by atoms with E-state index in [9.17, 15) is 0 Å². The first kappa shape index (κ1) is 21.6. The molecule has 0 aliphatic carbocycles. The number of pyridine rings is 3. The SMILES string of the molecule is N#Cc1cncc(/C=C/c2cc(OCc3ccccn3)cc(CNCC3CCNC3)n2)c1. The van der Waals surface area contributed by atoms with Crippen molar-refractivity contribution >= 4 is 12.2 Å². The van der Waals surface area contributed by atoms with Crippen molar-refractivity contribution in [3.63, 3.8) is 0 Å². The second-order valence-corrected chi connectivity index (χ2v) is 7.77. The zero-order chi connectivity index (χ0) is 22.0. The molecule has 1 aliphatic heterocycles. The van der Waals surface area contributed by atoms with Gasteiger partial charge in [-0.15, -0.1) is 0 Å². The van der Waals surface area contributed by atoms with Crippen molar-refractivity contribution in [1.82, 2.24) is 25.6 Å². The molecule has 0 saturated carbocycles. The third kappa shape index (κ3) is 6.45. The van der Waals surface area contributed by atoms with Crippen molar-refractivity contribution in [1.29, 1.82) is 5.26 Å². The molecule has 3 aromatic heterocycles. The number of nitrogens with zero attached hydrogens (tertiary/aromatic N) is 4. The number of aromatic nitrogens is 3. The first-order valence-electron chi connectivity index (χ1n) is 10.8. The molecule has 4 rings (SSSR count). The highest BCUT2D eigenvalue weighted by Gasteiger charge is 2.13. The predicted octanol–water partition coefficient (Wildman–Crippen LogP) is 3.19. The molecule has 0 aromatic carbocycles. The third-order valence-corrected chi connectivity index (χ3v) is 5.22. The molecule has 1 aliphatic rings. The van der Waals surface area contributed by atoms with Gasteiger partial charge in [0.15, 0.2) is 0 Å². The van der Waals surface area contributed by atoms with Crippen LogP contribution in [0.5, 0.6) is 5.75 Å². The highest BCUT2D eigenvalue weighted by atomic mass is 16.5. The van der Waals surface area contributed by atoms with E-state index in [0.717, 1.165) is 48.0 Å². The van der Waals surface area contributed by atoms with E-state index in [1.165, 1.54) is 6.42 Å². The van der Waals surface area contributed by atoms with Crippen LogP contribution in [0.2, 0.25) is 0 Å². The van der Waals surface area contributed by atoms with E-state index in [-0.39, 0.29) is 0 Å². The Morgan fingerprint density at radius 3 is 2.97 bits per heavy atom. The van der Waals surface area contributed by atoms with Crippen LogP contribution in [0.4, 0.5) is 0 Å². The summed E-state index contributed by atoms with van der Waals surface area (Å²) in [6.45, 7) is 4.19. The zero-order valence-electron chi connectivity index (χ0n) is 17.9. The summed E-state index contributed by atoms with van der Waals surface area (Å²) in [5.74, 6) is 1.41. The number of hydrogen-bond acceptors (Lipinski definition) is 7. The normalized spacial score (nSPS) is 15.7. The second-order valence-electron chi connectivity index (χ2n) is 7.77. The van der Waals surface area contributed by atoms with Gasteiger partial charge in [0.25, 0.3) is 0 Å².